The van der Waals surface area contributed by atoms with Crippen molar-refractivity contribution in [3.8, 4) is 17.3 Å². The van der Waals surface area contributed by atoms with E-state index < -0.39 is 21.6 Å². The number of halogens is 1. The quantitative estimate of drug-likeness (QED) is 0.135. The summed E-state index contributed by atoms with van der Waals surface area (Å²) >= 11 is 4.59. The molecular weight excluding hydrogens is 556 g/mol. The van der Waals surface area contributed by atoms with E-state index in [0.29, 0.717) is 22.0 Å². The molecule has 0 bridgehead atoms. The van der Waals surface area contributed by atoms with Crippen LogP contribution in [0.2, 0.25) is 0 Å². The fourth-order valence-corrected chi connectivity index (χ4v) is 5.03. The van der Waals surface area contributed by atoms with Gasteiger partial charge in [0.25, 0.3) is 10.0 Å². The number of nitrogens with one attached hydrogen (secondary N) is 1. The third-order valence-corrected chi connectivity index (χ3v) is 7.27. The Bertz CT molecular complexity index is 1700. The highest BCUT2D eigenvalue weighted by Gasteiger charge is 2.15. The molecule has 10 nitrogen and oxygen atoms in total. The Balaban J connectivity index is 1.58. The fraction of sp³-hybridized carbons (Fsp3) is 0. The molecule has 0 fully saturated rings. The Morgan fingerprint density at radius 2 is 1.94 bits per heavy atom. The molecule has 2 heterocycles. The van der Waals surface area contributed by atoms with E-state index >= 15 is 0 Å². The molecule has 0 saturated carbocycles. The summed E-state index contributed by atoms with van der Waals surface area (Å²) < 4.78 is 33.5. The second kappa shape index (κ2) is 9.71. The number of sulfonamides is 1. The van der Waals surface area contributed by atoms with Crippen molar-refractivity contribution in [2.75, 3.05) is 5.32 Å². The molecule has 0 spiro atoms. The smallest absolute Gasteiger partial charge is 0.345 e. The monoisotopic (exact) mass is 570 g/mol. The van der Waals surface area contributed by atoms with Crippen molar-refractivity contribution in [2.24, 2.45) is 15.9 Å². The first kappa shape index (κ1) is 24.1. The second-order valence-corrected chi connectivity index (χ2v) is 10.4. The van der Waals surface area contributed by atoms with Gasteiger partial charge in [0.05, 0.1) is 16.2 Å². The summed E-state index contributed by atoms with van der Waals surface area (Å²) in [4.78, 5) is 16.8. The number of hydrogen-bond donors (Lipinski definition) is 3. The van der Waals surface area contributed by atoms with Gasteiger partial charge < -0.3 is 21.2 Å². The van der Waals surface area contributed by atoms with Crippen molar-refractivity contribution in [2.45, 2.75) is 4.90 Å². The molecule has 2 aromatic carbocycles. The van der Waals surface area contributed by atoms with Crippen LogP contribution in [0.3, 0.4) is 0 Å². The number of anilines is 1. The summed E-state index contributed by atoms with van der Waals surface area (Å²) in [6.07, 6.45) is 1.43. The SMILES string of the molecule is N#C/C(=C/Nc1ccc(S(=O)(=O)N=C(N)N)cc1)c1nc(-c2cc3cc(Br)ccc3oc2=O)cs1. The van der Waals surface area contributed by atoms with Crippen LogP contribution < -0.4 is 22.4 Å². The Morgan fingerprint density at radius 3 is 2.63 bits per heavy atom. The van der Waals surface area contributed by atoms with E-state index in [1.807, 2.05) is 6.07 Å². The van der Waals surface area contributed by atoms with Crippen molar-refractivity contribution in [3.05, 3.63) is 80.0 Å². The molecule has 35 heavy (non-hydrogen) atoms. The highest BCUT2D eigenvalue weighted by molar-refractivity contribution is 9.10. The lowest BCUT2D eigenvalue weighted by Gasteiger charge is -2.04. The number of fused-ring (bicyclic) bond motifs is 1. The second-order valence-electron chi connectivity index (χ2n) is 7.00. The van der Waals surface area contributed by atoms with Crippen LogP contribution in [0, 0.1) is 11.3 Å². The molecule has 0 aliphatic carbocycles. The summed E-state index contributed by atoms with van der Waals surface area (Å²) in [7, 11) is -4.00. The third-order valence-electron chi connectivity index (χ3n) is 4.59. The van der Waals surface area contributed by atoms with Gasteiger partial charge in [-0.15, -0.1) is 15.7 Å². The maximum atomic E-state index is 12.5. The number of aromatic nitrogens is 1. The number of nitriles is 1. The van der Waals surface area contributed by atoms with Crippen molar-refractivity contribution >= 4 is 65.5 Å². The Labute approximate surface area is 211 Å². The van der Waals surface area contributed by atoms with Crippen molar-refractivity contribution < 1.29 is 12.8 Å². The van der Waals surface area contributed by atoms with Gasteiger partial charge in [0.15, 0.2) is 0 Å². The van der Waals surface area contributed by atoms with Crippen LogP contribution in [0.5, 0.6) is 0 Å². The number of allylic oxidation sites excluding steroid dienone is 1. The van der Waals surface area contributed by atoms with Gasteiger partial charge in [-0.1, -0.05) is 15.9 Å². The molecule has 13 heteroatoms. The van der Waals surface area contributed by atoms with Crippen LogP contribution in [-0.4, -0.2) is 19.4 Å². The number of thiazole rings is 1. The van der Waals surface area contributed by atoms with Crippen molar-refractivity contribution in [1.82, 2.24) is 4.98 Å². The minimum absolute atomic E-state index is 0.0910. The minimum atomic E-state index is -4.00. The lowest BCUT2D eigenvalue weighted by atomic mass is 10.1. The largest absolute Gasteiger partial charge is 0.422 e. The highest BCUT2D eigenvalue weighted by atomic mass is 79.9. The van der Waals surface area contributed by atoms with Crippen molar-refractivity contribution in [1.29, 1.82) is 5.26 Å². The fourth-order valence-electron chi connectivity index (χ4n) is 3.01. The van der Waals surface area contributed by atoms with Crippen LogP contribution in [0.25, 0.3) is 27.8 Å². The zero-order valence-electron chi connectivity index (χ0n) is 17.6. The first-order valence-corrected chi connectivity index (χ1v) is 12.8. The number of nitrogens with zero attached hydrogens (tertiary/aromatic N) is 3. The van der Waals surface area contributed by atoms with Crippen LogP contribution in [0.1, 0.15) is 5.01 Å². The Hall–Kier alpha value is -3.99. The van der Waals surface area contributed by atoms with Gasteiger partial charge in [-0.25, -0.2) is 9.78 Å². The average Bonchev–Trinajstić information content (AvgIpc) is 3.28. The molecule has 5 N–H and O–H groups in total. The number of benzene rings is 2. The average molecular weight is 571 g/mol. The normalized spacial score (nSPS) is 11.7. The topological polar surface area (TPSA) is 177 Å². The first-order chi connectivity index (χ1) is 16.7. The van der Waals surface area contributed by atoms with E-state index in [1.54, 1.807) is 23.6 Å². The van der Waals surface area contributed by atoms with E-state index in [0.717, 1.165) is 9.86 Å². The molecule has 4 aromatic rings. The van der Waals surface area contributed by atoms with Gasteiger partial charge >= 0.3 is 5.63 Å². The summed E-state index contributed by atoms with van der Waals surface area (Å²) in [6.45, 7) is 0. The van der Waals surface area contributed by atoms with E-state index in [4.69, 9.17) is 15.9 Å². The van der Waals surface area contributed by atoms with Crippen LogP contribution >= 0.6 is 27.3 Å². The highest BCUT2D eigenvalue weighted by Crippen LogP contribution is 2.27. The summed E-state index contributed by atoms with van der Waals surface area (Å²) in [5.74, 6) is -0.564. The molecule has 0 radical (unpaired) electrons. The van der Waals surface area contributed by atoms with Crippen LogP contribution in [0.15, 0.2) is 83.1 Å². The molecule has 4 rings (SSSR count). The van der Waals surface area contributed by atoms with Gasteiger partial charge in [-0.05, 0) is 48.5 Å². The Kier molecular flexibility index (Phi) is 6.70. The van der Waals surface area contributed by atoms with E-state index in [9.17, 15) is 18.5 Å². The van der Waals surface area contributed by atoms with Gasteiger partial charge in [-0.3, -0.25) is 0 Å². The minimum Gasteiger partial charge on any atom is -0.422 e. The molecule has 0 aliphatic heterocycles. The zero-order chi connectivity index (χ0) is 25.2. The molecule has 0 aliphatic rings. The molecular formula is C22H15BrN6O4S2. The number of nitrogens with two attached hydrogens (primary N) is 2. The lowest BCUT2D eigenvalue weighted by molar-refractivity contribution is 0.563. The molecule has 0 amide bonds. The van der Waals surface area contributed by atoms with E-state index in [1.165, 1.54) is 41.8 Å². The molecule has 0 saturated heterocycles. The summed E-state index contributed by atoms with van der Waals surface area (Å²) in [5, 5.41) is 15.3. The summed E-state index contributed by atoms with van der Waals surface area (Å²) in [6, 6.07) is 14.7. The van der Waals surface area contributed by atoms with Gasteiger partial charge in [0.1, 0.15) is 22.2 Å². The first-order valence-electron chi connectivity index (χ1n) is 9.69. The van der Waals surface area contributed by atoms with Gasteiger partial charge in [0.2, 0.25) is 5.96 Å². The molecule has 0 atom stereocenters. The number of rotatable bonds is 6. The predicted molar refractivity (Wildman–Crippen MR) is 138 cm³/mol. The van der Waals surface area contributed by atoms with Crippen LogP contribution in [-0.2, 0) is 10.0 Å². The molecule has 176 valence electrons. The Morgan fingerprint density at radius 1 is 1.20 bits per heavy atom. The predicted octanol–water partition coefficient (Wildman–Crippen LogP) is 3.62. The number of hydrogen-bond acceptors (Lipinski definition) is 8. The van der Waals surface area contributed by atoms with E-state index in [-0.39, 0.29) is 16.0 Å². The maximum Gasteiger partial charge on any atom is 0.345 e. The lowest BCUT2D eigenvalue weighted by Crippen LogP contribution is -2.24. The van der Waals surface area contributed by atoms with E-state index in [2.05, 4.69) is 36.7 Å². The van der Waals surface area contributed by atoms with Crippen molar-refractivity contribution in [3.63, 3.8) is 0 Å². The molecule has 2 aromatic heterocycles. The standard InChI is InChI=1S/C22H15BrN6O4S2/c23-14-1-6-19-12(7-14)8-17(21(30)33-19)18-11-34-20(28-18)13(9-24)10-27-15-2-4-16(5-3-15)35(31,32)29-22(25)26/h1-8,10-11,27H,(H4,25,26,29)/b13-10-. The van der Waals surface area contributed by atoms with Crippen LogP contribution in [0.4, 0.5) is 5.69 Å². The van der Waals surface area contributed by atoms with Gasteiger partial charge in [0, 0.05) is 27.1 Å². The summed E-state index contributed by atoms with van der Waals surface area (Å²) in [5.41, 5.74) is 11.6. The third kappa shape index (κ3) is 5.40. The maximum absolute atomic E-state index is 12.5. The van der Waals surface area contributed by atoms with Gasteiger partial charge in [-0.2, -0.15) is 13.7 Å². The number of guanidine groups is 1. The molecule has 0 unspecified atom stereocenters. The zero-order valence-corrected chi connectivity index (χ0v) is 20.8.